The fourth-order valence-electron chi connectivity index (χ4n) is 1.44. The highest BCUT2D eigenvalue weighted by Gasteiger charge is 2.27. The fourth-order valence-corrected chi connectivity index (χ4v) is 1.44. The van der Waals surface area contributed by atoms with Crippen molar-refractivity contribution >= 4 is 11.7 Å². The lowest BCUT2D eigenvalue weighted by molar-refractivity contribution is 0.0692. The fraction of sp³-hybridized carbons (Fsp3) is 0.455. The Hall–Kier alpha value is -1.78. The third-order valence-corrected chi connectivity index (χ3v) is 2.40. The molecule has 0 spiro atoms. The first-order valence-electron chi connectivity index (χ1n) is 5.15. The summed E-state index contributed by atoms with van der Waals surface area (Å²) in [5, 5.41) is 9.19. The van der Waals surface area contributed by atoms with Crippen LogP contribution in [0.2, 0.25) is 0 Å². The van der Waals surface area contributed by atoms with Crippen molar-refractivity contribution < 1.29 is 14.6 Å². The summed E-state index contributed by atoms with van der Waals surface area (Å²) < 4.78 is 5.54. The predicted octanol–water partition coefficient (Wildman–Crippen LogP) is 1.39. The highest BCUT2D eigenvalue weighted by Crippen LogP contribution is 2.32. The van der Waals surface area contributed by atoms with Crippen molar-refractivity contribution in [1.29, 1.82) is 0 Å². The van der Waals surface area contributed by atoms with Crippen molar-refractivity contribution in [1.82, 2.24) is 4.98 Å². The number of pyridine rings is 1. The second-order valence-electron chi connectivity index (χ2n) is 4.05. The van der Waals surface area contributed by atoms with Crippen LogP contribution in [0.3, 0.4) is 0 Å². The van der Waals surface area contributed by atoms with Crippen LogP contribution >= 0.6 is 0 Å². The minimum Gasteiger partial charge on any atom is -0.488 e. The molecule has 16 heavy (non-hydrogen) atoms. The Bertz CT molecular complexity index is 414. The van der Waals surface area contributed by atoms with Crippen molar-refractivity contribution in [2.24, 2.45) is 0 Å². The predicted molar refractivity (Wildman–Crippen MR) is 59.2 cm³/mol. The molecular formula is C11H14N2O3. The van der Waals surface area contributed by atoms with E-state index in [4.69, 9.17) is 4.74 Å². The molecule has 1 aliphatic carbocycles. The molecule has 86 valence electrons. The van der Waals surface area contributed by atoms with Gasteiger partial charge in [-0.25, -0.2) is 4.79 Å². The van der Waals surface area contributed by atoms with E-state index < -0.39 is 5.97 Å². The van der Waals surface area contributed by atoms with Gasteiger partial charge in [-0.1, -0.05) is 0 Å². The third-order valence-electron chi connectivity index (χ3n) is 2.40. The van der Waals surface area contributed by atoms with Crippen molar-refractivity contribution in [2.45, 2.75) is 18.9 Å². The van der Waals surface area contributed by atoms with Gasteiger partial charge in [-0.3, -0.25) is 4.98 Å². The van der Waals surface area contributed by atoms with Crippen molar-refractivity contribution in [2.75, 3.05) is 19.0 Å². The maximum absolute atomic E-state index is 11.2. The molecule has 1 N–H and O–H groups in total. The van der Waals surface area contributed by atoms with Crippen LogP contribution in [0, 0.1) is 0 Å². The lowest BCUT2D eigenvalue weighted by atomic mass is 10.2. The smallest absolute Gasteiger partial charge is 0.341 e. The number of nitrogens with zero attached hydrogens (tertiary/aromatic N) is 2. The third kappa shape index (κ3) is 2.08. The average molecular weight is 222 g/mol. The lowest BCUT2D eigenvalue weighted by Gasteiger charge is -2.17. The summed E-state index contributed by atoms with van der Waals surface area (Å²) >= 11 is 0. The Morgan fingerprint density at radius 1 is 1.50 bits per heavy atom. The number of ether oxygens (including phenoxy) is 1. The number of aromatic nitrogens is 1. The number of hydrogen-bond donors (Lipinski definition) is 1. The Morgan fingerprint density at radius 3 is 2.69 bits per heavy atom. The number of hydrogen-bond acceptors (Lipinski definition) is 4. The Morgan fingerprint density at radius 2 is 2.19 bits per heavy atom. The lowest BCUT2D eigenvalue weighted by Crippen LogP contribution is -2.16. The minimum absolute atomic E-state index is 0.164. The minimum atomic E-state index is -0.984. The number of carboxylic acids is 1. The van der Waals surface area contributed by atoms with Crippen LogP contribution in [-0.2, 0) is 0 Å². The second kappa shape index (κ2) is 4.00. The maximum atomic E-state index is 11.2. The first-order chi connectivity index (χ1) is 7.59. The molecule has 1 heterocycles. The zero-order valence-corrected chi connectivity index (χ0v) is 9.30. The quantitative estimate of drug-likeness (QED) is 0.834. The number of rotatable bonds is 4. The van der Waals surface area contributed by atoms with Gasteiger partial charge in [0.2, 0.25) is 0 Å². The molecule has 0 aromatic carbocycles. The summed E-state index contributed by atoms with van der Waals surface area (Å²) in [6, 6.07) is 0. The van der Waals surface area contributed by atoms with Gasteiger partial charge in [-0.2, -0.15) is 0 Å². The molecule has 0 atom stereocenters. The van der Waals surface area contributed by atoms with E-state index in [1.165, 1.54) is 12.4 Å². The van der Waals surface area contributed by atoms with Gasteiger partial charge in [0.25, 0.3) is 0 Å². The Labute approximate surface area is 93.7 Å². The molecule has 1 fully saturated rings. The van der Waals surface area contributed by atoms with Crippen molar-refractivity contribution in [3.8, 4) is 5.75 Å². The first kappa shape index (κ1) is 10.7. The number of carbonyl (C=O) groups is 1. The van der Waals surface area contributed by atoms with Gasteiger partial charge in [0, 0.05) is 14.1 Å². The van der Waals surface area contributed by atoms with Crippen LogP contribution < -0.4 is 9.64 Å². The van der Waals surface area contributed by atoms with E-state index in [0.29, 0.717) is 11.4 Å². The zero-order valence-electron chi connectivity index (χ0n) is 9.30. The largest absolute Gasteiger partial charge is 0.488 e. The van der Waals surface area contributed by atoms with Crippen LogP contribution in [0.5, 0.6) is 5.75 Å². The standard InChI is InChI=1S/C11H14N2O3/c1-13(2)8-5-12-6-9(10(8)11(14)15)16-7-3-4-7/h5-7H,3-4H2,1-2H3,(H,14,15). The molecule has 0 saturated heterocycles. The molecule has 1 saturated carbocycles. The van der Waals surface area contributed by atoms with Crippen LogP contribution in [0.15, 0.2) is 12.4 Å². The molecule has 1 aliphatic rings. The van der Waals surface area contributed by atoms with Gasteiger partial charge >= 0.3 is 5.97 Å². The molecule has 2 rings (SSSR count). The van der Waals surface area contributed by atoms with E-state index in [9.17, 15) is 9.90 Å². The van der Waals surface area contributed by atoms with E-state index in [1.54, 1.807) is 19.0 Å². The molecule has 0 radical (unpaired) electrons. The van der Waals surface area contributed by atoms with Gasteiger partial charge in [0.15, 0.2) is 5.75 Å². The summed E-state index contributed by atoms with van der Waals surface area (Å²) in [6.45, 7) is 0. The summed E-state index contributed by atoms with van der Waals surface area (Å²) in [4.78, 5) is 16.9. The second-order valence-corrected chi connectivity index (χ2v) is 4.05. The molecule has 0 unspecified atom stereocenters. The van der Waals surface area contributed by atoms with Crippen LogP contribution in [0.25, 0.3) is 0 Å². The zero-order chi connectivity index (χ0) is 11.7. The molecule has 0 bridgehead atoms. The molecular weight excluding hydrogens is 208 g/mol. The highest BCUT2D eigenvalue weighted by molar-refractivity contribution is 5.97. The Kier molecular flexibility index (Phi) is 2.68. The molecule has 5 heteroatoms. The molecule has 0 aliphatic heterocycles. The summed E-state index contributed by atoms with van der Waals surface area (Å²) in [7, 11) is 3.56. The monoisotopic (exact) mass is 222 g/mol. The number of carboxylic acid groups (broad SMARTS) is 1. The topological polar surface area (TPSA) is 62.7 Å². The summed E-state index contributed by atoms with van der Waals surface area (Å²) in [5.41, 5.74) is 0.748. The Balaban J connectivity index is 2.41. The van der Waals surface area contributed by atoms with Crippen molar-refractivity contribution in [3.63, 3.8) is 0 Å². The number of aromatic carboxylic acids is 1. The average Bonchev–Trinajstić information content (AvgIpc) is 3.00. The van der Waals surface area contributed by atoms with Crippen LogP contribution in [0.4, 0.5) is 5.69 Å². The molecule has 0 amide bonds. The SMILES string of the molecule is CN(C)c1cncc(OC2CC2)c1C(=O)O. The van der Waals surface area contributed by atoms with Gasteiger partial charge in [-0.15, -0.1) is 0 Å². The first-order valence-corrected chi connectivity index (χ1v) is 5.15. The summed E-state index contributed by atoms with van der Waals surface area (Å²) in [5.74, 6) is -0.622. The van der Waals surface area contributed by atoms with Crippen molar-refractivity contribution in [3.05, 3.63) is 18.0 Å². The normalized spacial score (nSPS) is 14.6. The van der Waals surface area contributed by atoms with Gasteiger partial charge in [0.05, 0.1) is 24.2 Å². The van der Waals surface area contributed by atoms with Crippen LogP contribution in [-0.4, -0.2) is 36.3 Å². The van der Waals surface area contributed by atoms with E-state index in [-0.39, 0.29) is 11.7 Å². The van der Waals surface area contributed by atoms with E-state index in [1.807, 2.05) is 0 Å². The van der Waals surface area contributed by atoms with Gasteiger partial charge in [-0.05, 0) is 12.8 Å². The van der Waals surface area contributed by atoms with Crippen LogP contribution in [0.1, 0.15) is 23.2 Å². The number of anilines is 1. The maximum Gasteiger partial charge on any atom is 0.341 e. The van der Waals surface area contributed by atoms with E-state index in [0.717, 1.165) is 12.8 Å². The molecule has 1 aromatic heterocycles. The summed E-state index contributed by atoms with van der Waals surface area (Å²) in [6.07, 6.45) is 5.14. The van der Waals surface area contributed by atoms with E-state index >= 15 is 0 Å². The van der Waals surface area contributed by atoms with E-state index in [2.05, 4.69) is 4.98 Å². The molecule has 5 nitrogen and oxygen atoms in total. The molecule has 1 aromatic rings. The van der Waals surface area contributed by atoms with Gasteiger partial charge < -0.3 is 14.7 Å². The van der Waals surface area contributed by atoms with Gasteiger partial charge in [0.1, 0.15) is 5.56 Å². The highest BCUT2D eigenvalue weighted by atomic mass is 16.5.